The predicted octanol–water partition coefficient (Wildman–Crippen LogP) is -1.35. The molecule has 0 aliphatic carbocycles. The zero-order valence-electron chi connectivity index (χ0n) is 3.99. The third-order valence-corrected chi connectivity index (χ3v) is 0. The molecule has 0 heterocycles. The average Bonchev–Trinajstić information content (AvgIpc) is 0. The Kier molecular flexibility index (Phi) is 223. The molecule has 0 bridgehead atoms. The zero-order chi connectivity index (χ0) is 0. The first-order chi connectivity index (χ1) is 0. The van der Waals surface area contributed by atoms with Crippen molar-refractivity contribution in [1.82, 2.24) is 0 Å². The van der Waals surface area contributed by atoms with Crippen LogP contribution in [-0.2, 0) is 60.3 Å². The largest absolute Gasteiger partial charge is 2.00 e. The quantitative estimate of drug-likeness (QED) is 0.478. The summed E-state index contributed by atoms with van der Waals surface area (Å²) in [6, 6.07) is 0. The molecule has 0 unspecified atom stereocenters. The molecular weight excluding hydrogens is 337 g/mol. The van der Waals surface area contributed by atoms with Gasteiger partial charge in [-0.2, -0.15) is 0 Å². The Labute approximate surface area is 102 Å². The van der Waals surface area contributed by atoms with Gasteiger partial charge in [0.25, 0.3) is 0 Å². The molecule has 0 saturated carbocycles. The van der Waals surface area contributed by atoms with Gasteiger partial charge in [-0.05, 0) is 0 Å². The summed E-state index contributed by atoms with van der Waals surface area (Å²) in [6.45, 7) is 0. The van der Waals surface area contributed by atoms with E-state index < -0.39 is 0 Å². The Bertz CT molecular complexity index is 17.7. The van der Waals surface area contributed by atoms with Gasteiger partial charge in [0.2, 0.25) is 0 Å². The fourth-order valence-corrected chi connectivity index (χ4v) is 0. The molecule has 0 N–H and O–H groups in total. The second-order valence-electron chi connectivity index (χ2n) is 0. The molecule has 0 rings (SSSR count). The van der Waals surface area contributed by atoms with Gasteiger partial charge in [-0.3, -0.25) is 0 Å². The maximum absolute atomic E-state index is 0. The van der Waals surface area contributed by atoms with Gasteiger partial charge >= 0.3 is 23.1 Å². The zero-order valence-corrected chi connectivity index (χ0v) is 9.46. The van der Waals surface area contributed by atoms with Crippen LogP contribution in [0.4, 0.5) is 0 Å². The normalized spacial score (nSPS) is 0. The maximum atomic E-state index is 0. The summed E-state index contributed by atoms with van der Waals surface area (Å²) >= 11 is 0. The molecule has 0 fully saturated rings. The van der Waals surface area contributed by atoms with Crippen LogP contribution in [0.15, 0.2) is 0 Å². The number of rotatable bonds is 0. The molecule has 5 heavy (non-hydrogen) atoms. The third kappa shape index (κ3) is 19.0. The van der Waals surface area contributed by atoms with Gasteiger partial charge in [0, 0.05) is 60.3 Å². The molecular formula is H5AlCrHfMgMn. The van der Waals surface area contributed by atoms with E-state index in [0.717, 1.165) is 0 Å². The van der Waals surface area contributed by atoms with E-state index in [4.69, 9.17) is 0 Å². The van der Waals surface area contributed by atoms with Gasteiger partial charge in [0.15, 0.2) is 17.4 Å². The van der Waals surface area contributed by atoms with E-state index in [-0.39, 0.29) is 104 Å². The molecule has 0 aromatic carbocycles. The van der Waals surface area contributed by atoms with Gasteiger partial charge in [-0.1, -0.05) is 0 Å². The molecule has 0 aliphatic heterocycles. The predicted molar refractivity (Wildman–Crippen MR) is 17.9 cm³/mol. The Morgan fingerprint density at radius 2 is 1.20 bits per heavy atom. The van der Waals surface area contributed by atoms with E-state index in [1.54, 1.807) is 0 Å². The second kappa shape index (κ2) is 26.9. The standard InChI is InChI=1S/Al.Cr.Hf.Mg.Mn.5H/q;;;+2;;;;;2*-1. The molecule has 0 nitrogen and oxygen atoms in total. The van der Waals surface area contributed by atoms with E-state index in [0.29, 0.717) is 0 Å². The van der Waals surface area contributed by atoms with Crippen molar-refractivity contribution in [3.8, 4) is 0 Å². The van der Waals surface area contributed by atoms with Gasteiger partial charge in [0.05, 0.1) is 0 Å². The minimum atomic E-state index is 0. The molecule has 27 valence electrons. The Morgan fingerprint density at radius 1 is 1.20 bits per heavy atom. The number of hydrogen-bond donors (Lipinski definition) is 0. The van der Waals surface area contributed by atoms with Crippen molar-refractivity contribution >= 4 is 40.4 Å². The average molecular weight is 342 g/mol. The second-order valence-corrected chi connectivity index (χ2v) is 0. The fraction of sp³-hybridized carbons (Fsp3) is 0. The summed E-state index contributed by atoms with van der Waals surface area (Å²) in [5.74, 6) is 0. The van der Waals surface area contributed by atoms with Crippen molar-refractivity contribution in [1.29, 1.82) is 0 Å². The van der Waals surface area contributed by atoms with Crippen molar-refractivity contribution in [2.24, 2.45) is 0 Å². The van der Waals surface area contributed by atoms with E-state index in [9.17, 15) is 0 Å². The van der Waals surface area contributed by atoms with Crippen molar-refractivity contribution < 1.29 is 63.1 Å². The Hall–Kier alpha value is 3.22. The fourth-order valence-electron chi connectivity index (χ4n) is 0. The van der Waals surface area contributed by atoms with Crippen LogP contribution < -0.4 is 0 Å². The van der Waals surface area contributed by atoms with E-state index in [2.05, 4.69) is 0 Å². The van der Waals surface area contributed by atoms with Crippen LogP contribution in [-0.4, -0.2) is 40.4 Å². The van der Waals surface area contributed by atoms with Crippen LogP contribution in [0.5, 0.6) is 0 Å². The molecule has 5 heteroatoms. The van der Waals surface area contributed by atoms with E-state index >= 15 is 0 Å². The van der Waals surface area contributed by atoms with Crippen LogP contribution in [0.1, 0.15) is 2.85 Å². The minimum absolute atomic E-state index is 0. The molecule has 0 spiro atoms. The SMILES string of the molecule is [AlH3].[Cr].[H-].[H-].[Hf].[Mg+2].[Mn]. The van der Waals surface area contributed by atoms with E-state index in [1.165, 1.54) is 0 Å². The Morgan fingerprint density at radius 3 is 1.20 bits per heavy atom. The topological polar surface area (TPSA) is 0 Å². The summed E-state index contributed by atoms with van der Waals surface area (Å²) in [5.41, 5.74) is 0. The smallest absolute Gasteiger partial charge is 1.00 e. The Balaban J connectivity index is 0. The molecule has 0 saturated heterocycles. The number of hydrogen-bond acceptors (Lipinski definition) is 0. The van der Waals surface area contributed by atoms with Crippen LogP contribution in [0.3, 0.4) is 0 Å². The van der Waals surface area contributed by atoms with Gasteiger partial charge in [-0.25, -0.2) is 0 Å². The molecule has 0 amide bonds. The summed E-state index contributed by atoms with van der Waals surface area (Å²) in [7, 11) is 0. The minimum Gasteiger partial charge on any atom is -1.00 e. The first kappa shape index (κ1) is 41.3. The van der Waals surface area contributed by atoms with Gasteiger partial charge < -0.3 is 2.85 Å². The van der Waals surface area contributed by atoms with Crippen LogP contribution in [0.2, 0.25) is 0 Å². The van der Waals surface area contributed by atoms with Crippen LogP contribution >= 0.6 is 0 Å². The van der Waals surface area contributed by atoms with Crippen molar-refractivity contribution in [3.63, 3.8) is 0 Å². The van der Waals surface area contributed by atoms with Crippen LogP contribution in [0, 0.1) is 0 Å². The molecule has 0 aromatic heterocycles. The summed E-state index contributed by atoms with van der Waals surface area (Å²) in [4.78, 5) is 0. The summed E-state index contributed by atoms with van der Waals surface area (Å²) in [6.07, 6.45) is 0. The third-order valence-electron chi connectivity index (χ3n) is 0. The first-order valence-corrected chi connectivity index (χ1v) is 0. The van der Waals surface area contributed by atoms with E-state index in [1.807, 2.05) is 0 Å². The first-order valence-electron chi connectivity index (χ1n) is 0. The molecule has 0 atom stereocenters. The van der Waals surface area contributed by atoms with Gasteiger partial charge in [0.1, 0.15) is 0 Å². The van der Waals surface area contributed by atoms with Crippen LogP contribution in [0.25, 0.3) is 0 Å². The van der Waals surface area contributed by atoms with Gasteiger partial charge in [-0.15, -0.1) is 0 Å². The molecule has 0 aliphatic rings. The molecule has 0 aromatic rings. The van der Waals surface area contributed by atoms with Crippen molar-refractivity contribution in [2.75, 3.05) is 0 Å². The summed E-state index contributed by atoms with van der Waals surface area (Å²) < 4.78 is 0. The monoisotopic (exact) mass is 343 g/mol. The maximum Gasteiger partial charge on any atom is 2.00 e. The summed E-state index contributed by atoms with van der Waals surface area (Å²) in [5, 5.41) is 0. The molecule has 1 radical (unpaired) electrons. The van der Waals surface area contributed by atoms with Crippen molar-refractivity contribution in [2.45, 2.75) is 0 Å². The van der Waals surface area contributed by atoms with Crippen molar-refractivity contribution in [3.05, 3.63) is 0 Å².